The molecule has 0 bridgehead atoms. The van der Waals surface area contributed by atoms with Crippen molar-refractivity contribution in [1.82, 2.24) is 4.98 Å². The van der Waals surface area contributed by atoms with E-state index < -0.39 is 5.82 Å². The number of anilines is 1. The molecule has 1 heterocycles. The summed E-state index contributed by atoms with van der Waals surface area (Å²) < 4.78 is 14.6. The number of para-hydroxylation sites is 1. The second-order valence-corrected chi connectivity index (χ2v) is 6.00. The summed E-state index contributed by atoms with van der Waals surface area (Å²) in [6.45, 7) is 0. The second kappa shape index (κ2) is 5.93. The average molecular weight is 361 g/mol. The lowest BCUT2D eigenvalue weighted by molar-refractivity contribution is -0.117. The zero-order valence-corrected chi connectivity index (χ0v) is 13.5. The van der Waals surface area contributed by atoms with E-state index in [2.05, 4.69) is 20.9 Å². The third-order valence-corrected chi connectivity index (χ3v) is 4.16. The van der Waals surface area contributed by atoms with Gasteiger partial charge >= 0.3 is 0 Å². The molecule has 3 aromatic rings. The molecule has 0 atom stereocenters. The molecule has 0 radical (unpaired) electrons. The van der Waals surface area contributed by atoms with Gasteiger partial charge < -0.3 is 9.88 Å². The number of nitrogens with zero attached hydrogens (tertiary/aromatic N) is 1. The predicted molar refractivity (Wildman–Crippen MR) is 89.5 cm³/mol. The van der Waals surface area contributed by atoms with Gasteiger partial charge in [0, 0.05) is 28.6 Å². The van der Waals surface area contributed by atoms with E-state index in [1.165, 1.54) is 11.0 Å². The number of halogens is 2. The number of fused-ring (bicyclic) bond motifs is 1. The van der Waals surface area contributed by atoms with Crippen molar-refractivity contribution in [3.63, 3.8) is 0 Å². The molecular weight excluding hydrogens is 347 g/mol. The molecule has 3 rings (SSSR count). The molecular formula is C17H14BrFN2O. The number of benzene rings is 2. The van der Waals surface area contributed by atoms with Gasteiger partial charge in [-0.25, -0.2) is 4.39 Å². The number of aromatic amines is 1. The van der Waals surface area contributed by atoms with Gasteiger partial charge in [0.1, 0.15) is 5.82 Å². The number of nitrogens with one attached hydrogen (secondary N) is 1. The van der Waals surface area contributed by atoms with Gasteiger partial charge in [-0.1, -0.05) is 34.1 Å². The standard InChI is InChI=1S/C17H14BrFN2O/c1-21(16-7-6-12(18)9-14(16)19)17(22)8-11-10-20-15-5-3-2-4-13(11)15/h2-7,9-10,20H,8H2,1H3. The second-order valence-electron chi connectivity index (χ2n) is 5.08. The third-order valence-electron chi connectivity index (χ3n) is 3.66. The first-order valence-electron chi connectivity index (χ1n) is 6.83. The summed E-state index contributed by atoms with van der Waals surface area (Å²) in [7, 11) is 1.59. The van der Waals surface area contributed by atoms with Gasteiger partial charge in [0.2, 0.25) is 5.91 Å². The molecule has 1 amide bonds. The number of likely N-dealkylation sites (N-methyl/N-ethyl adjacent to an activating group) is 1. The van der Waals surface area contributed by atoms with Crippen LogP contribution < -0.4 is 4.90 Å². The van der Waals surface area contributed by atoms with E-state index in [1.807, 2.05) is 30.5 Å². The number of carbonyl (C=O) groups excluding carboxylic acids is 1. The molecule has 0 unspecified atom stereocenters. The maximum absolute atomic E-state index is 14.0. The van der Waals surface area contributed by atoms with Crippen LogP contribution in [0.2, 0.25) is 0 Å². The summed E-state index contributed by atoms with van der Waals surface area (Å²) in [4.78, 5) is 16.9. The van der Waals surface area contributed by atoms with Crippen molar-refractivity contribution in [3.05, 3.63) is 64.5 Å². The first kappa shape index (κ1) is 14.8. The van der Waals surface area contributed by atoms with E-state index in [9.17, 15) is 9.18 Å². The Morgan fingerprint density at radius 2 is 2.05 bits per heavy atom. The van der Waals surface area contributed by atoms with Crippen molar-refractivity contribution in [2.45, 2.75) is 6.42 Å². The maximum atomic E-state index is 14.0. The number of rotatable bonds is 3. The van der Waals surface area contributed by atoms with E-state index in [0.717, 1.165) is 16.5 Å². The Hall–Kier alpha value is -2.14. The Morgan fingerprint density at radius 3 is 2.82 bits per heavy atom. The van der Waals surface area contributed by atoms with E-state index in [-0.39, 0.29) is 18.0 Å². The molecule has 22 heavy (non-hydrogen) atoms. The van der Waals surface area contributed by atoms with E-state index >= 15 is 0 Å². The fourth-order valence-electron chi connectivity index (χ4n) is 2.45. The largest absolute Gasteiger partial charge is 0.361 e. The predicted octanol–water partition coefficient (Wildman–Crippen LogP) is 4.28. The molecule has 1 N–H and O–H groups in total. The van der Waals surface area contributed by atoms with Crippen molar-refractivity contribution < 1.29 is 9.18 Å². The lowest BCUT2D eigenvalue weighted by atomic mass is 10.1. The van der Waals surface area contributed by atoms with Gasteiger partial charge in [-0.3, -0.25) is 4.79 Å². The molecule has 0 saturated heterocycles. The van der Waals surface area contributed by atoms with Gasteiger partial charge in [0.05, 0.1) is 12.1 Å². The molecule has 5 heteroatoms. The van der Waals surface area contributed by atoms with Gasteiger partial charge in [0.15, 0.2) is 0 Å². The van der Waals surface area contributed by atoms with E-state index in [4.69, 9.17) is 0 Å². The highest BCUT2D eigenvalue weighted by Gasteiger charge is 2.17. The first-order chi connectivity index (χ1) is 10.6. The Labute approximate surface area is 135 Å². The zero-order chi connectivity index (χ0) is 15.7. The lowest BCUT2D eigenvalue weighted by Crippen LogP contribution is -2.28. The van der Waals surface area contributed by atoms with Crippen molar-refractivity contribution >= 4 is 38.4 Å². The Balaban J connectivity index is 1.84. The van der Waals surface area contributed by atoms with Crippen LogP contribution in [-0.4, -0.2) is 17.9 Å². The minimum absolute atomic E-state index is 0.161. The molecule has 0 aliphatic carbocycles. The summed E-state index contributed by atoms with van der Waals surface area (Å²) in [5.41, 5.74) is 2.17. The van der Waals surface area contributed by atoms with E-state index in [1.54, 1.807) is 19.2 Å². The zero-order valence-electron chi connectivity index (χ0n) is 11.9. The van der Waals surface area contributed by atoms with Crippen LogP contribution in [0.4, 0.5) is 10.1 Å². The van der Waals surface area contributed by atoms with Crippen LogP contribution in [0.3, 0.4) is 0 Å². The lowest BCUT2D eigenvalue weighted by Gasteiger charge is -2.18. The number of amides is 1. The Morgan fingerprint density at radius 1 is 1.27 bits per heavy atom. The smallest absolute Gasteiger partial charge is 0.231 e. The number of hydrogen-bond donors (Lipinski definition) is 1. The summed E-state index contributed by atoms with van der Waals surface area (Å²) in [6.07, 6.45) is 2.05. The quantitative estimate of drug-likeness (QED) is 0.743. The summed E-state index contributed by atoms with van der Waals surface area (Å²) in [5, 5.41) is 1.01. The average Bonchev–Trinajstić information content (AvgIpc) is 2.90. The van der Waals surface area contributed by atoms with E-state index in [0.29, 0.717) is 4.47 Å². The normalized spacial score (nSPS) is 10.9. The number of carbonyl (C=O) groups is 1. The molecule has 3 nitrogen and oxygen atoms in total. The van der Waals surface area contributed by atoms with Crippen molar-refractivity contribution in [2.75, 3.05) is 11.9 Å². The molecule has 112 valence electrons. The molecule has 2 aromatic carbocycles. The van der Waals surface area contributed by atoms with Crippen molar-refractivity contribution in [1.29, 1.82) is 0 Å². The molecule has 1 aromatic heterocycles. The van der Waals surface area contributed by atoms with Crippen LogP contribution in [0.15, 0.2) is 53.1 Å². The number of hydrogen-bond acceptors (Lipinski definition) is 1. The first-order valence-corrected chi connectivity index (χ1v) is 7.62. The van der Waals surface area contributed by atoms with Crippen LogP contribution in [-0.2, 0) is 11.2 Å². The Bertz CT molecular complexity index is 844. The number of aromatic nitrogens is 1. The monoisotopic (exact) mass is 360 g/mol. The minimum Gasteiger partial charge on any atom is -0.361 e. The van der Waals surface area contributed by atoms with Crippen LogP contribution in [0.25, 0.3) is 10.9 Å². The SMILES string of the molecule is CN(C(=O)Cc1c[nH]c2ccccc12)c1ccc(Br)cc1F. The fourth-order valence-corrected chi connectivity index (χ4v) is 2.78. The summed E-state index contributed by atoms with van der Waals surface area (Å²) in [5.74, 6) is -0.588. The highest BCUT2D eigenvalue weighted by atomic mass is 79.9. The van der Waals surface area contributed by atoms with Crippen LogP contribution in [0, 0.1) is 5.82 Å². The Kier molecular flexibility index (Phi) is 3.98. The fraction of sp³-hybridized carbons (Fsp3) is 0.118. The summed E-state index contributed by atoms with van der Waals surface area (Å²) in [6, 6.07) is 12.5. The van der Waals surface area contributed by atoms with Crippen LogP contribution >= 0.6 is 15.9 Å². The number of H-pyrrole nitrogens is 1. The van der Waals surface area contributed by atoms with Gasteiger partial charge in [-0.2, -0.15) is 0 Å². The van der Waals surface area contributed by atoms with Gasteiger partial charge in [-0.15, -0.1) is 0 Å². The summed E-state index contributed by atoms with van der Waals surface area (Å²) >= 11 is 3.21. The third kappa shape index (κ3) is 2.76. The van der Waals surface area contributed by atoms with Crippen LogP contribution in [0.5, 0.6) is 0 Å². The van der Waals surface area contributed by atoms with Crippen molar-refractivity contribution in [2.24, 2.45) is 0 Å². The maximum Gasteiger partial charge on any atom is 0.231 e. The highest BCUT2D eigenvalue weighted by molar-refractivity contribution is 9.10. The molecule has 0 fully saturated rings. The van der Waals surface area contributed by atoms with Gasteiger partial charge in [-0.05, 0) is 29.8 Å². The molecule has 0 aliphatic rings. The topological polar surface area (TPSA) is 36.1 Å². The van der Waals surface area contributed by atoms with Crippen molar-refractivity contribution in [3.8, 4) is 0 Å². The highest BCUT2D eigenvalue weighted by Crippen LogP contribution is 2.24. The van der Waals surface area contributed by atoms with Crippen LogP contribution in [0.1, 0.15) is 5.56 Å². The van der Waals surface area contributed by atoms with Gasteiger partial charge in [0.25, 0.3) is 0 Å². The molecule has 0 saturated carbocycles. The molecule has 0 aliphatic heterocycles. The minimum atomic E-state index is -0.427. The molecule has 0 spiro atoms.